The molecule has 0 aliphatic heterocycles. The topological polar surface area (TPSA) is 141 Å². The summed E-state index contributed by atoms with van der Waals surface area (Å²) in [6.45, 7) is 2.61. The monoisotopic (exact) mass is 512 g/mol. The minimum absolute atomic E-state index is 0.0166. The first-order valence-electron chi connectivity index (χ1n) is 11.6. The number of pyridine rings is 1. The lowest BCUT2D eigenvalue weighted by Crippen LogP contribution is -2.32. The van der Waals surface area contributed by atoms with Gasteiger partial charge in [-0.15, -0.1) is 0 Å². The van der Waals surface area contributed by atoms with Gasteiger partial charge in [-0.2, -0.15) is 0 Å². The van der Waals surface area contributed by atoms with E-state index in [9.17, 15) is 23.4 Å². The number of aromatic hydroxyl groups is 1. The van der Waals surface area contributed by atoms with Crippen molar-refractivity contribution in [2.45, 2.75) is 38.5 Å². The lowest BCUT2D eigenvalue weighted by atomic mass is 10.0. The third-order valence-corrected chi connectivity index (χ3v) is 6.04. The Labute approximate surface area is 211 Å². The Bertz CT molecular complexity index is 1270. The zero-order valence-corrected chi connectivity index (χ0v) is 21.1. The van der Waals surface area contributed by atoms with Crippen LogP contribution in [0.15, 0.2) is 66.9 Å². The van der Waals surface area contributed by atoms with Gasteiger partial charge in [0.1, 0.15) is 5.75 Å². The van der Waals surface area contributed by atoms with Gasteiger partial charge in [0.05, 0.1) is 36.7 Å². The highest BCUT2D eigenvalue weighted by Crippen LogP contribution is 2.27. The molecular weight excluding hydrogens is 480 g/mol. The molecule has 2 atom stereocenters. The number of benzene rings is 2. The highest BCUT2D eigenvalue weighted by molar-refractivity contribution is 7.92. The van der Waals surface area contributed by atoms with Crippen molar-refractivity contribution in [1.82, 2.24) is 15.6 Å². The Morgan fingerprint density at radius 3 is 2.56 bits per heavy atom. The molecule has 0 aliphatic rings. The Morgan fingerprint density at radius 1 is 1.06 bits per heavy atom. The molecule has 1 aromatic heterocycles. The normalized spacial score (nSPS) is 13.1. The first kappa shape index (κ1) is 27.1. The predicted octanol–water partition coefficient (Wildman–Crippen LogP) is 2.27. The van der Waals surface area contributed by atoms with Crippen LogP contribution in [0, 0.1) is 0 Å². The maximum Gasteiger partial charge on any atom is 0.229 e. The van der Waals surface area contributed by atoms with Crippen molar-refractivity contribution in [1.29, 1.82) is 0 Å². The number of sulfonamides is 1. The molecule has 0 saturated carbocycles. The van der Waals surface area contributed by atoms with Crippen LogP contribution in [0.3, 0.4) is 0 Å². The van der Waals surface area contributed by atoms with Crippen molar-refractivity contribution >= 4 is 21.6 Å². The minimum atomic E-state index is -3.56. The second kappa shape index (κ2) is 12.5. The summed E-state index contributed by atoms with van der Waals surface area (Å²) in [6, 6.07) is 17.7. The van der Waals surface area contributed by atoms with Gasteiger partial charge in [-0.25, -0.2) is 8.42 Å². The Hall–Kier alpha value is -3.47. The van der Waals surface area contributed by atoms with Crippen molar-refractivity contribution in [3.63, 3.8) is 0 Å². The Morgan fingerprint density at radius 2 is 1.83 bits per heavy atom. The van der Waals surface area contributed by atoms with E-state index in [1.807, 2.05) is 49.4 Å². The third-order valence-electron chi connectivity index (χ3n) is 5.45. The molecular formula is C26H32N4O5S. The molecule has 2 aromatic carbocycles. The lowest BCUT2D eigenvalue weighted by molar-refractivity contribution is -0.120. The summed E-state index contributed by atoms with van der Waals surface area (Å²) < 4.78 is 25.2. The van der Waals surface area contributed by atoms with Gasteiger partial charge in [0.25, 0.3) is 0 Å². The second-order valence-corrected chi connectivity index (χ2v) is 10.5. The summed E-state index contributed by atoms with van der Waals surface area (Å²) >= 11 is 0. The van der Waals surface area contributed by atoms with Crippen LogP contribution in [0.25, 0.3) is 0 Å². The van der Waals surface area contributed by atoms with Crippen molar-refractivity contribution in [3.05, 3.63) is 89.2 Å². The van der Waals surface area contributed by atoms with Gasteiger partial charge in [0.2, 0.25) is 15.9 Å². The van der Waals surface area contributed by atoms with Crippen molar-refractivity contribution in [2.75, 3.05) is 17.5 Å². The average molecular weight is 513 g/mol. The molecule has 0 bridgehead atoms. The maximum absolute atomic E-state index is 12.3. The molecule has 192 valence electrons. The highest BCUT2D eigenvalue weighted by Gasteiger charge is 2.14. The second-order valence-electron chi connectivity index (χ2n) is 8.77. The number of nitrogens with zero attached hydrogens (tertiary/aromatic N) is 1. The molecule has 10 heteroatoms. The number of rotatable bonds is 12. The van der Waals surface area contributed by atoms with E-state index >= 15 is 0 Å². The van der Waals surface area contributed by atoms with E-state index in [2.05, 4.69) is 20.3 Å². The fourth-order valence-electron chi connectivity index (χ4n) is 3.71. The predicted molar refractivity (Wildman–Crippen MR) is 139 cm³/mol. The smallest absolute Gasteiger partial charge is 0.229 e. The molecule has 0 fully saturated rings. The zero-order valence-electron chi connectivity index (χ0n) is 20.3. The molecule has 3 aromatic rings. The number of hydrogen-bond acceptors (Lipinski definition) is 7. The summed E-state index contributed by atoms with van der Waals surface area (Å²) in [5.74, 6) is -0.297. The van der Waals surface area contributed by atoms with E-state index in [0.717, 1.165) is 23.1 Å². The number of nitrogens with one attached hydrogen (secondary N) is 3. The van der Waals surface area contributed by atoms with Crippen LogP contribution in [0.5, 0.6) is 5.75 Å². The summed E-state index contributed by atoms with van der Waals surface area (Å²) in [7, 11) is -3.56. The van der Waals surface area contributed by atoms with E-state index in [-0.39, 0.29) is 36.4 Å². The fraction of sp³-hybridized carbons (Fsp3) is 0.308. The first-order valence-corrected chi connectivity index (χ1v) is 13.4. The first-order chi connectivity index (χ1) is 17.1. The van der Waals surface area contributed by atoms with Crippen LogP contribution in [-0.2, 0) is 34.2 Å². The SMILES string of the molecule is C[C@H](Cc1cccc(CC(=O)NCc2ccccn2)c1)NC[C@@H](O)c1ccc(O)c(NS(C)(=O)=O)c1. The molecule has 1 heterocycles. The largest absolute Gasteiger partial charge is 0.506 e. The van der Waals surface area contributed by atoms with Gasteiger partial charge in [0.15, 0.2) is 0 Å². The maximum atomic E-state index is 12.3. The van der Waals surface area contributed by atoms with Crippen molar-refractivity contribution in [2.24, 2.45) is 0 Å². The number of phenolic OH excluding ortho intramolecular Hbond substituents is 1. The van der Waals surface area contributed by atoms with E-state index in [4.69, 9.17) is 0 Å². The number of carbonyl (C=O) groups is 1. The summed E-state index contributed by atoms with van der Waals surface area (Å²) in [5, 5.41) is 26.6. The Kier molecular flexibility index (Phi) is 9.40. The number of amides is 1. The van der Waals surface area contributed by atoms with Gasteiger partial charge < -0.3 is 20.8 Å². The van der Waals surface area contributed by atoms with Gasteiger partial charge in [-0.3, -0.25) is 14.5 Å². The molecule has 9 nitrogen and oxygen atoms in total. The van der Waals surface area contributed by atoms with Gasteiger partial charge in [0, 0.05) is 18.8 Å². The average Bonchev–Trinajstić information content (AvgIpc) is 2.82. The molecule has 0 aliphatic carbocycles. The molecule has 0 spiro atoms. The summed E-state index contributed by atoms with van der Waals surface area (Å²) in [4.78, 5) is 16.5. The highest BCUT2D eigenvalue weighted by atomic mass is 32.2. The zero-order chi connectivity index (χ0) is 26.1. The quantitative estimate of drug-likeness (QED) is 0.235. The molecule has 1 amide bonds. The number of aliphatic hydroxyl groups is 1. The van der Waals surface area contributed by atoms with E-state index in [1.54, 1.807) is 12.3 Å². The lowest BCUT2D eigenvalue weighted by Gasteiger charge is -2.19. The fourth-order valence-corrected chi connectivity index (χ4v) is 4.27. The van der Waals surface area contributed by atoms with Crippen LogP contribution in [0.4, 0.5) is 5.69 Å². The summed E-state index contributed by atoms with van der Waals surface area (Å²) in [6.07, 6.45) is 2.74. The van der Waals surface area contributed by atoms with Crippen LogP contribution in [0.1, 0.15) is 35.4 Å². The van der Waals surface area contributed by atoms with Crippen molar-refractivity contribution in [3.8, 4) is 5.75 Å². The van der Waals surface area contributed by atoms with Crippen LogP contribution < -0.4 is 15.4 Å². The molecule has 0 unspecified atom stereocenters. The van der Waals surface area contributed by atoms with Crippen LogP contribution >= 0.6 is 0 Å². The summed E-state index contributed by atoms with van der Waals surface area (Å²) in [5.41, 5.74) is 3.26. The van der Waals surface area contributed by atoms with E-state index < -0.39 is 16.1 Å². The van der Waals surface area contributed by atoms with Gasteiger partial charge >= 0.3 is 0 Å². The molecule has 0 radical (unpaired) electrons. The number of carbonyl (C=O) groups excluding carboxylic acids is 1. The molecule has 36 heavy (non-hydrogen) atoms. The molecule has 5 N–H and O–H groups in total. The number of aromatic nitrogens is 1. The van der Waals surface area contributed by atoms with Crippen LogP contribution in [0.2, 0.25) is 0 Å². The van der Waals surface area contributed by atoms with E-state index in [1.165, 1.54) is 12.1 Å². The third kappa shape index (κ3) is 8.95. The number of aliphatic hydroxyl groups excluding tert-OH is 1. The van der Waals surface area contributed by atoms with Gasteiger partial charge in [-0.1, -0.05) is 36.4 Å². The Balaban J connectivity index is 1.50. The number of anilines is 1. The standard InChI is InChI=1S/C26H32N4O5S/c1-18(28-17-25(32)21-9-10-24(31)23(15-21)30-36(2,34)35)12-19-6-5-7-20(13-19)14-26(33)29-16-22-8-3-4-11-27-22/h3-11,13,15,18,25,28,30-32H,12,14,16-17H2,1-2H3,(H,29,33)/t18-,25-/m1/s1. The number of phenols is 1. The molecule has 0 saturated heterocycles. The van der Waals surface area contributed by atoms with Crippen LogP contribution in [-0.4, -0.2) is 48.4 Å². The van der Waals surface area contributed by atoms with E-state index in [0.29, 0.717) is 18.5 Å². The number of hydrogen-bond donors (Lipinski definition) is 5. The molecule has 3 rings (SSSR count). The minimum Gasteiger partial charge on any atom is -0.506 e. The van der Waals surface area contributed by atoms with Gasteiger partial charge in [-0.05, 0) is 54.3 Å². The van der Waals surface area contributed by atoms with Crippen molar-refractivity contribution < 1.29 is 23.4 Å².